The summed E-state index contributed by atoms with van der Waals surface area (Å²) >= 11 is 6.27. The molecule has 0 saturated carbocycles. The first kappa shape index (κ1) is 20.8. The first-order chi connectivity index (χ1) is 12.7. The van der Waals surface area contributed by atoms with Gasteiger partial charge in [-0.05, 0) is 56.7 Å². The van der Waals surface area contributed by atoms with Crippen molar-refractivity contribution in [3.63, 3.8) is 0 Å². The molecular formula is C20H20ClNO4S. The maximum absolute atomic E-state index is 12.8. The minimum atomic E-state index is -3.94. The molecule has 0 unspecified atom stereocenters. The number of ether oxygens (including phenoxy) is 2. The smallest absolute Gasteiger partial charge is 0.216 e. The van der Waals surface area contributed by atoms with Crippen LogP contribution in [-0.2, 0) is 9.84 Å². The molecule has 0 amide bonds. The minimum Gasteiger partial charge on any atom is -0.493 e. The van der Waals surface area contributed by atoms with E-state index in [0.717, 1.165) is 5.56 Å². The summed E-state index contributed by atoms with van der Waals surface area (Å²) in [6.07, 6.45) is 1.15. The van der Waals surface area contributed by atoms with Gasteiger partial charge in [0, 0.05) is 0 Å². The van der Waals surface area contributed by atoms with Crippen LogP contribution in [0.4, 0.5) is 0 Å². The van der Waals surface area contributed by atoms with Crippen molar-refractivity contribution in [2.45, 2.75) is 31.8 Å². The van der Waals surface area contributed by atoms with Gasteiger partial charge in [0.05, 0.1) is 23.1 Å². The minimum absolute atomic E-state index is 0.0544. The number of halogens is 1. The monoisotopic (exact) mass is 405 g/mol. The third-order valence-corrected chi connectivity index (χ3v) is 5.60. The van der Waals surface area contributed by atoms with Gasteiger partial charge in [0.15, 0.2) is 11.5 Å². The molecule has 0 radical (unpaired) electrons. The molecule has 0 spiro atoms. The highest BCUT2D eigenvalue weighted by Gasteiger charge is 2.21. The molecule has 2 aromatic rings. The van der Waals surface area contributed by atoms with Crippen LogP contribution < -0.4 is 9.47 Å². The van der Waals surface area contributed by atoms with Crippen LogP contribution in [0.1, 0.15) is 25.0 Å². The Labute approximate surface area is 164 Å². The van der Waals surface area contributed by atoms with Gasteiger partial charge in [-0.2, -0.15) is 5.26 Å². The molecule has 0 aliphatic heterocycles. The molecule has 0 aromatic heterocycles. The second-order valence-electron chi connectivity index (χ2n) is 6.14. The topological polar surface area (TPSA) is 76.4 Å². The lowest BCUT2D eigenvalue weighted by Crippen LogP contribution is -2.07. The lowest BCUT2D eigenvalue weighted by atomic mass is 10.2. The van der Waals surface area contributed by atoms with Crippen molar-refractivity contribution in [3.8, 4) is 17.6 Å². The van der Waals surface area contributed by atoms with Crippen molar-refractivity contribution in [1.29, 1.82) is 5.26 Å². The summed E-state index contributed by atoms with van der Waals surface area (Å²) in [5, 5.41) is 9.69. The molecule has 0 bridgehead atoms. The first-order valence-electron chi connectivity index (χ1n) is 8.16. The van der Waals surface area contributed by atoms with E-state index in [-0.39, 0.29) is 20.9 Å². The van der Waals surface area contributed by atoms with Crippen LogP contribution in [0.3, 0.4) is 0 Å². The molecule has 142 valence electrons. The van der Waals surface area contributed by atoms with Gasteiger partial charge in [0.25, 0.3) is 0 Å². The Bertz CT molecular complexity index is 1000. The third-order valence-electron chi connectivity index (χ3n) is 3.63. The molecular weight excluding hydrogens is 386 g/mol. The highest BCUT2D eigenvalue weighted by atomic mass is 35.5. The number of methoxy groups -OCH3 is 1. The Hall–Kier alpha value is -2.49. The number of nitriles is 1. The van der Waals surface area contributed by atoms with Crippen LogP contribution in [0.2, 0.25) is 5.02 Å². The van der Waals surface area contributed by atoms with Crippen LogP contribution >= 0.6 is 11.6 Å². The van der Waals surface area contributed by atoms with Gasteiger partial charge in [0.1, 0.15) is 11.0 Å². The van der Waals surface area contributed by atoms with Crippen molar-refractivity contribution in [2.24, 2.45) is 0 Å². The van der Waals surface area contributed by atoms with Crippen molar-refractivity contribution < 1.29 is 17.9 Å². The molecule has 0 saturated heterocycles. The zero-order valence-electron chi connectivity index (χ0n) is 15.5. The molecule has 27 heavy (non-hydrogen) atoms. The molecule has 0 aliphatic rings. The molecule has 0 atom stereocenters. The Morgan fingerprint density at radius 2 is 1.85 bits per heavy atom. The zero-order valence-corrected chi connectivity index (χ0v) is 17.1. The molecule has 7 heteroatoms. The second-order valence-corrected chi connectivity index (χ2v) is 8.46. The van der Waals surface area contributed by atoms with E-state index in [1.807, 2.05) is 20.8 Å². The normalized spacial score (nSPS) is 12.0. The highest BCUT2D eigenvalue weighted by molar-refractivity contribution is 7.95. The van der Waals surface area contributed by atoms with Crippen molar-refractivity contribution >= 4 is 27.5 Å². The van der Waals surface area contributed by atoms with Crippen LogP contribution in [0.5, 0.6) is 11.5 Å². The van der Waals surface area contributed by atoms with E-state index in [1.165, 1.54) is 31.4 Å². The Morgan fingerprint density at radius 3 is 2.37 bits per heavy atom. The SMILES string of the molecule is COc1cc(C=C(C#N)S(=O)(=O)c2ccc(C)cc2)cc(Cl)c1OC(C)C. The molecule has 2 rings (SSSR count). The van der Waals surface area contributed by atoms with E-state index >= 15 is 0 Å². The van der Waals surface area contributed by atoms with Gasteiger partial charge >= 0.3 is 0 Å². The van der Waals surface area contributed by atoms with Crippen molar-refractivity contribution in [1.82, 2.24) is 0 Å². The number of benzene rings is 2. The zero-order chi connectivity index (χ0) is 20.2. The average Bonchev–Trinajstić information content (AvgIpc) is 2.61. The van der Waals surface area contributed by atoms with Crippen LogP contribution in [0.15, 0.2) is 46.2 Å². The molecule has 0 fully saturated rings. The number of nitrogens with zero attached hydrogens (tertiary/aromatic N) is 1. The molecule has 0 heterocycles. The molecule has 5 nitrogen and oxygen atoms in total. The van der Waals surface area contributed by atoms with Gasteiger partial charge in [-0.15, -0.1) is 0 Å². The number of hydrogen-bond donors (Lipinski definition) is 0. The largest absolute Gasteiger partial charge is 0.493 e. The van der Waals surface area contributed by atoms with E-state index < -0.39 is 9.84 Å². The van der Waals surface area contributed by atoms with Crippen molar-refractivity contribution in [2.75, 3.05) is 7.11 Å². The fourth-order valence-corrected chi connectivity index (χ4v) is 3.76. The summed E-state index contributed by atoms with van der Waals surface area (Å²) in [5.41, 5.74) is 1.34. The number of aryl methyl sites for hydroxylation is 1. The first-order valence-corrected chi connectivity index (χ1v) is 10.0. The lowest BCUT2D eigenvalue weighted by molar-refractivity contribution is 0.230. The van der Waals surface area contributed by atoms with Gasteiger partial charge in [-0.3, -0.25) is 0 Å². The van der Waals surface area contributed by atoms with Crippen LogP contribution in [0.25, 0.3) is 6.08 Å². The summed E-state index contributed by atoms with van der Waals surface area (Å²) in [6.45, 7) is 5.56. The van der Waals surface area contributed by atoms with Gasteiger partial charge in [-0.1, -0.05) is 29.3 Å². The van der Waals surface area contributed by atoms with Gasteiger partial charge < -0.3 is 9.47 Å². The second kappa shape index (κ2) is 8.47. The number of rotatable bonds is 6. The summed E-state index contributed by atoms with van der Waals surface area (Å²) in [6, 6.07) is 11.2. The quantitative estimate of drug-likeness (QED) is 0.646. The molecule has 0 aliphatic carbocycles. The summed E-state index contributed by atoms with van der Waals surface area (Å²) < 4.78 is 36.4. The van der Waals surface area contributed by atoms with E-state index in [1.54, 1.807) is 24.3 Å². The number of allylic oxidation sites excluding steroid dienone is 1. The van der Waals surface area contributed by atoms with Gasteiger partial charge in [0.2, 0.25) is 9.84 Å². The standard InChI is InChI=1S/C20H20ClNO4S/c1-13(2)26-20-18(21)10-15(11-19(20)25-4)9-17(12-22)27(23,24)16-7-5-14(3)6-8-16/h5-11,13H,1-4H3. The highest BCUT2D eigenvalue weighted by Crippen LogP contribution is 2.38. The number of hydrogen-bond acceptors (Lipinski definition) is 5. The van der Waals surface area contributed by atoms with E-state index in [4.69, 9.17) is 21.1 Å². The Balaban J connectivity index is 2.53. The predicted octanol–water partition coefficient (Wildman–Crippen LogP) is 4.78. The van der Waals surface area contributed by atoms with Crippen molar-refractivity contribution in [3.05, 3.63) is 57.5 Å². The summed E-state index contributed by atoms with van der Waals surface area (Å²) in [4.78, 5) is -0.333. The molecule has 0 N–H and O–H groups in total. The maximum atomic E-state index is 12.8. The lowest BCUT2D eigenvalue weighted by Gasteiger charge is -2.15. The van der Waals surface area contributed by atoms with Crippen LogP contribution in [-0.4, -0.2) is 21.6 Å². The predicted molar refractivity (Wildman–Crippen MR) is 106 cm³/mol. The molecule has 2 aromatic carbocycles. The van der Waals surface area contributed by atoms with E-state index in [2.05, 4.69) is 0 Å². The Kier molecular flexibility index (Phi) is 6.53. The fraction of sp³-hybridized carbons (Fsp3) is 0.250. The summed E-state index contributed by atoms with van der Waals surface area (Å²) in [5.74, 6) is 0.721. The maximum Gasteiger partial charge on any atom is 0.216 e. The fourth-order valence-electron chi connectivity index (χ4n) is 2.34. The average molecular weight is 406 g/mol. The third kappa shape index (κ3) is 4.82. The van der Waals surface area contributed by atoms with Crippen LogP contribution in [0, 0.1) is 18.3 Å². The van der Waals surface area contributed by atoms with E-state index in [9.17, 15) is 13.7 Å². The van der Waals surface area contributed by atoms with Gasteiger partial charge in [-0.25, -0.2) is 8.42 Å². The number of sulfone groups is 1. The summed E-state index contributed by atoms with van der Waals surface area (Å²) in [7, 11) is -2.48. The van der Waals surface area contributed by atoms with E-state index in [0.29, 0.717) is 17.1 Å². The Morgan fingerprint density at radius 1 is 1.22 bits per heavy atom.